The number of carbonyl (C=O) groups excluding carboxylic acids is 2. The van der Waals surface area contributed by atoms with Gasteiger partial charge < -0.3 is 4.74 Å². The number of Topliss-reactive ketones (excluding diaryl/α,β-unsaturated/α-hetero) is 2. The van der Waals surface area contributed by atoms with E-state index in [1.807, 2.05) is 20.8 Å². The van der Waals surface area contributed by atoms with Crippen molar-refractivity contribution in [3.63, 3.8) is 0 Å². The third kappa shape index (κ3) is 14.5. The maximum Gasteiger partial charge on any atom is 0.164 e. The molecule has 0 aliphatic heterocycles. The summed E-state index contributed by atoms with van der Waals surface area (Å²) in [7, 11) is 0. The van der Waals surface area contributed by atoms with Crippen LogP contribution in [-0.4, -0.2) is 23.8 Å². The van der Waals surface area contributed by atoms with Crippen LogP contribution < -0.4 is 0 Å². The molecule has 3 heteroatoms. The number of unbranched alkanes of at least 4 members (excludes halogenated alkanes) is 10. The summed E-state index contributed by atoms with van der Waals surface area (Å²) in [4.78, 5) is 23.8. The highest BCUT2D eigenvalue weighted by atomic mass is 16.5. The third-order valence-electron chi connectivity index (χ3n) is 5.10. The van der Waals surface area contributed by atoms with Crippen molar-refractivity contribution in [2.75, 3.05) is 6.61 Å². The number of ketones is 2. The van der Waals surface area contributed by atoms with Crippen LogP contribution in [0.3, 0.4) is 0 Å². The average molecular weight is 369 g/mol. The Morgan fingerprint density at radius 3 is 1.54 bits per heavy atom. The minimum absolute atomic E-state index is 0.221. The standard InChI is InChI=1S/C23H44O3/c1-5-7-8-15-18-21(24)19-16-13-11-9-10-12-14-17-20-22(25)23(3,4)26-6-2/h5-20H2,1-4H3. The second-order valence-corrected chi connectivity index (χ2v) is 8.04. The zero-order chi connectivity index (χ0) is 19.7. The Hall–Kier alpha value is -0.700. The summed E-state index contributed by atoms with van der Waals surface area (Å²) < 4.78 is 5.50. The van der Waals surface area contributed by atoms with Crippen LogP contribution in [-0.2, 0) is 14.3 Å². The topological polar surface area (TPSA) is 43.4 Å². The molecule has 0 aromatic rings. The van der Waals surface area contributed by atoms with Crippen LogP contribution >= 0.6 is 0 Å². The van der Waals surface area contributed by atoms with Crippen LogP contribution in [0.2, 0.25) is 0 Å². The molecule has 0 heterocycles. The maximum absolute atomic E-state index is 12.1. The molecular weight excluding hydrogens is 324 g/mol. The lowest BCUT2D eigenvalue weighted by Gasteiger charge is -2.22. The van der Waals surface area contributed by atoms with Crippen LogP contribution in [0.5, 0.6) is 0 Å². The quantitative estimate of drug-likeness (QED) is 0.235. The Kier molecular flexibility index (Phi) is 16.0. The minimum Gasteiger partial charge on any atom is -0.368 e. The highest BCUT2D eigenvalue weighted by Crippen LogP contribution is 2.17. The molecule has 154 valence electrons. The number of carbonyl (C=O) groups is 2. The monoisotopic (exact) mass is 368 g/mol. The van der Waals surface area contributed by atoms with Crippen molar-refractivity contribution < 1.29 is 14.3 Å². The van der Waals surface area contributed by atoms with Crippen LogP contribution in [0, 0.1) is 0 Å². The number of hydrogen-bond acceptors (Lipinski definition) is 3. The van der Waals surface area contributed by atoms with Crippen LogP contribution in [0.4, 0.5) is 0 Å². The lowest BCUT2D eigenvalue weighted by molar-refractivity contribution is -0.139. The molecule has 0 bridgehead atoms. The minimum atomic E-state index is -0.623. The molecule has 0 saturated heterocycles. The summed E-state index contributed by atoms with van der Waals surface area (Å²) in [5.41, 5.74) is -0.623. The zero-order valence-electron chi connectivity index (χ0n) is 18.0. The van der Waals surface area contributed by atoms with Gasteiger partial charge in [0.1, 0.15) is 11.4 Å². The zero-order valence-corrected chi connectivity index (χ0v) is 18.0. The molecule has 0 fully saturated rings. The van der Waals surface area contributed by atoms with Crippen molar-refractivity contribution in [1.82, 2.24) is 0 Å². The van der Waals surface area contributed by atoms with Gasteiger partial charge in [-0.3, -0.25) is 9.59 Å². The first-order valence-electron chi connectivity index (χ1n) is 11.1. The predicted molar refractivity (Wildman–Crippen MR) is 111 cm³/mol. The molecule has 0 amide bonds. The van der Waals surface area contributed by atoms with Gasteiger partial charge in [-0.25, -0.2) is 0 Å². The first kappa shape index (κ1) is 25.3. The molecule has 0 unspecified atom stereocenters. The van der Waals surface area contributed by atoms with E-state index >= 15 is 0 Å². The molecule has 0 saturated carbocycles. The van der Waals surface area contributed by atoms with Crippen molar-refractivity contribution in [3.05, 3.63) is 0 Å². The van der Waals surface area contributed by atoms with Crippen molar-refractivity contribution in [3.8, 4) is 0 Å². The van der Waals surface area contributed by atoms with E-state index in [2.05, 4.69) is 6.92 Å². The number of hydrogen-bond donors (Lipinski definition) is 0. The van der Waals surface area contributed by atoms with Crippen molar-refractivity contribution in [2.24, 2.45) is 0 Å². The summed E-state index contributed by atoms with van der Waals surface area (Å²) >= 11 is 0. The molecule has 26 heavy (non-hydrogen) atoms. The fraction of sp³-hybridized carbons (Fsp3) is 0.913. The van der Waals surface area contributed by atoms with Gasteiger partial charge in [-0.2, -0.15) is 0 Å². The Morgan fingerprint density at radius 2 is 1.08 bits per heavy atom. The molecule has 0 aromatic carbocycles. The van der Waals surface area contributed by atoms with Gasteiger partial charge in [0.2, 0.25) is 0 Å². The van der Waals surface area contributed by atoms with Gasteiger partial charge in [0.05, 0.1) is 0 Å². The lowest BCUT2D eigenvalue weighted by Crippen LogP contribution is -2.34. The molecule has 3 nitrogen and oxygen atoms in total. The first-order valence-corrected chi connectivity index (χ1v) is 11.1. The Labute approximate surface area is 162 Å². The summed E-state index contributed by atoms with van der Waals surface area (Å²) in [6.45, 7) is 8.45. The molecule has 0 rings (SSSR count). The van der Waals surface area contributed by atoms with Crippen molar-refractivity contribution >= 4 is 11.6 Å². The van der Waals surface area contributed by atoms with E-state index in [4.69, 9.17) is 4.74 Å². The van der Waals surface area contributed by atoms with E-state index < -0.39 is 5.60 Å². The summed E-state index contributed by atoms with van der Waals surface area (Å²) in [6.07, 6.45) is 16.3. The Balaban J connectivity index is 3.39. The van der Waals surface area contributed by atoms with E-state index in [0.717, 1.165) is 38.5 Å². The van der Waals surface area contributed by atoms with Gasteiger partial charge >= 0.3 is 0 Å². The van der Waals surface area contributed by atoms with E-state index in [9.17, 15) is 9.59 Å². The second kappa shape index (κ2) is 16.5. The number of ether oxygens (including phenoxy) is 1. The van der Waals surface area contributed by atoms with Crippen LogP contribution in [0.15, 0.2) is 0 Å². The highest BCUT2D eigenvalue weighted by Gasteiger charge is 2.26. The smallest absolute Gasteiger partial charge is 0.164 e. The van der Waals surface area contributed by atoms with Crippen LogP contribution in [0.25, 0.3) is 0 Å². The van der Waals surface area contributed by atoms with E-state index in [1.54, 1.807) is 0 Å². The van der Waals surface area contributed by atoms with Crippen molar-refractivity contribution in [2.45, 2.75) is 130 Å². The van der Waals surface area contributed by atoms with Gasteiger partial charge in [-0.05, 0) is 40.0 Å². The summed E-state index contributed by atoms with van der Waals surface area (Å²) in [6, 6.07) is 0. The van der Waals surface area contributed by atoms with Gasteiger partial charge in [0.25, 0.3) is 0 Å². The van der Waals surface area contributed by atoms with Crippen molar-refractivity contribution in [1.29, 1.82) is 0 Å². The first-order chi connectivity index (χ1) is 12.4. The fourth-order valence-corrected chi connectivity index (χ4v) is 3.28. The van der Waals surface area contributed by atoms with Gasteiger partial charge in [-0.15, -0.1) is 0 Å². The fourth-order valence-electron chi connectivity index (χ4n) is 3.28. The second-order valence-electron chi connectivity index (χ2n) is 8.04. The highest BCUT2D eigenvalue weighted by molar-refractivity contribution is 5.86. The summed E-state index contributed by atoms with van der Waals surface area (Å²) in [5, 5.41) is 0. The molecule has 0 atom stereocenters. The molecule has 0 spiro atoms. The van der Waals surface area contributed by atoms with E-state index in [0.29, 0.717) is 18.8 Å². The third-order valence-corrected chi connectivity index (χ3v) is 5.10. The molecule has 0 aromatic heterocycles. The molecule has 0 aliphatic carbocycles. The average Bonchev–Trinajstić information content (AvgIpc) is 2.60. The maximum atomic E-state index is 12.1. The Morgan fingerprint density at radius 1 is 0.654 bits per heavy atom. The summed E-state index contributed by atoms with van der Waals surface area (Å²) in [5.74, 6) is 0.680. The molecule has 0 radical (unpaired) electrons. The van der Waals surface area contributed by atoms with Gasteiger partial charge in [0, 0.05) is 25.9 Å². The van der Waals surface area contributed by atoms with Gasteiger partial charge in [0.15, 0.2) is 5.78 Å². The van der Waals surface area contributed by atoms with E-state index in [-0.39, 0.29) is 5.78 Å². The Bertz CT molecular complexity index is 360. The SMILES string of the molecule is CCCCCCC(=O)CCCCCCCCCCC(=O)C(C)(C)OCC. The lowest BCUT2D eigenvalue weighted by atomic mass is 9.97. The predicted octanol–water partition coefficient (Wildman–Crippen LogP) is 6.81. The largest absolute Gasteiger partial charge is 0.368 e. The van der Waals surface area contributed by atoms with E-state index in [1.165, 1.54) is 51.4 Å². The van der Waals surface area contributed by atoms with Gasteiger partial charge in [-0.1, -0.05) is 64.7 Å². The van der Waals surface area contributed by atoms with Crippen LogP contribution in [0.1, 0.15) is 124 Å². The molecule has 0 N–H and O–H groups in total. The number of rotatable bonds is 19. The normalized spacial score (nSPS) is 11.7. The molecular formula is C23H44O3. The molecule has 0 aliphatic rings.